The fourth-order valence-corrected chi connectivity index (χ4v) is 5.12. The van der Waals surface area contributed by atoms with E-state index >= 15 is 0 Å². The Morgan fingerprint density at radius 2 is 1.67 bits per heavy atom. The zero-order valence-electron chi connectivity index (χ0n) is 11.3. The molecule has 1 saturated heterocycles. The average Bonchev–Trinajstić information content (AvgIpc) is 2.46. The molecule has 2 rings (SSSR count). The van der Waals surface area contributed by atoms with Crippen molar-refractivity contribution < 1.29 is 0 Å². The van der Waals surface area contributed by atoms with Crippen molar-refractivity contribution in [2.75, 3.05) is 25.3 Å². The number of rotatable bonds is 4. The zero-order chi connectivity index (χ0) is 13.0. The van der Waals surface area contributed by atoms with Gasteiger partial charge in [-0.3, -0.25) is 0 Å². The molecule has 1 fully saturated rings. The van der Waals surface area contributed by atoms with Crippen molar-refractivity contribution in [1.82, 2.24) is 5.32 Å². The zero-order valence-corrected chi connectivity index (χ0v) is 13.7. The molecule has 0 aliphatic carbocycles. The molecule has 1 aromatic rings. The Kier molecular flexibility index (Phi) is 5.80. The monoisotopic (exact) mass is 299 g/mol. The first kappa shape index (κ1) is 14.6. The van der Waals surface area contributed by atoms with Gasteiger partial charge in [-0.1, -0.05) is 6.42 Å². The first-order valence-corrected chi connectivity index (χ1v) is 10.0. The molecule has 18 heavy (non-hydrogen) atoms. The minimum atomic E-state index is 0.562. The summed E-state index contributed by atoms with van der Waals surface area (Å²) in [5.41, 5.74) is 1.47. The van der Waals surface area contributed by atoms with Gasteiger partial charge in [0.25, 0.3) is 0 Å². The van der Waals surface area contributed by atoms with Crippen LogP contribution in [0.4, 0.5) is 0 Å². The molecule has 1 N–H and O–H groups in total. The van der Waals surface area contributed by atoms with Crippen LogP contribution in [0.25, 0.3) is 0 Å². The van der Waals surface area contributed by atoms with Gasteiger partial charge in [0.05, 0.1) is 0 Å². The first-order chi connectivity index (χ1) is 8.80. The molecule has 100 valence electrons. The summed E-state index contributed by atoms with van der Waals surface area (Å²) in [7, 11) is 0. The van der Waals surface area contributed by atoms with Crippen LogP contribution in [0.1, 0.15) is 30.9 Å². The molecule has 0 spiro atoms. The predicted octanol–water partition coefficient (Wildman–Crippen LogP) is 4.67. The molecule has 0 radical (unpaired) electrons. The number of piperidine rings is 1. The molecular formula is C14H21NS3. The lowest BCUT2D eigenvalue weighted by molar-refractivity contribution is 0.411. The van der Waals surface area contributed by atoms with E-state index in [1.54, 1.807) is 0 Å². The van der Waals surface area contributed by atoms with E-state index in [-0.39, 0.29) is 0 Å². The van der Waals surface area contributed by atoms with Gasteiger partial charge in [-0.15, -0.1) is 35.3 Å². The van der Waals surface area contributed by atoms with E-state index in [2.05, 4.69) is 36.2 Å². The summed E-state index contributed by atoms with van der Waals surface area (Å²) in [6.45, 7) is 1.16. The Bertz CT molecular complexity index is 375. The number of thioether (sulfide) groups is 3. The van der Waals surface area contributed by atoms with Gasteiger partial charge in [0.1, 0.15) is 0 Å². The molecular weight excluding hydrogens is 278 g/mol. The minimum Gasteiger partial charge on any atom is -0.310 e. The lowest BCUT2D eigenvalue weighted by Gasteiger charge is -2.25. The molecule has 1 unspecified atom stereocenters. The lowest BCUT2D eigenvalue weighted by Crippen LogP contribution is -2.26. The number of hydrogen-bond donors (Lipinski definition) is 1. The fourth-order valence-electron chi connectivity index (χ4n) is 2.44. The van der Waals surface area contributed by atoms with Crippen molar-refractivity contribution in [3.8, 4) is 0 Å². The van der Waals surface area contributed by atoms with E-state index in [9.17, 15) is 0 Å². The van der Waals surface area contributed by atoms with Crippen LogP contribution in [0.3, 0.4) is 0 Å². The molecule has 1 aliphatic heterocycles. The number of hydrogen-bond acceptors (Lipinski definition) is 4. The highest BCUT2D eigenvalue weighted by Crippen LogP contribution is 2.39. The molecule has 0 bridgehead atoms. The van der Waals surface area contributed by atoms with E-state index < -0.39 is 0 Å². The number of nitrogens with one attached hydrogen (secondary N) is 1. The molecule has 1 heterocycles. The fraction of sp³-hybridized carbons (Fsp3) is 0.571. The molecule has 0 amide bonds. The highest BCUT2D eigenvalue weighted by Gasteiger charge is 2.18. The average molecular weight is 300 g/mol. The van der Waals surface area contributed by atoms with Gasteiger partial charge in [-0.2, -0.15) is 0 Å². The number of benzene rings is 1. The second-order valence-corrected chi connectivity index (χ2v) is 6.97. The third-order valence-electron chi connectivity index (χ3n) is 3.40. The minimum absolute atomic E-state index is 0.562. The Hall–Kier alpha value is 0.230. The summed E-state index contributed by atoms with van der Waals surface area (Å²) in [4.78, 5) is 4.29. The third-order valence-corrected chi connectivity index (χ3v) is 6.03. The predicted molar refractivity (Wildman–Crippen MR) is 86.4 cm³/mol. The second-order valence-electron chi connectivity index (χ2n) is 4.46. The Morgan fingerprint density at radius 1 is 1.00 bits per heavy atom. The normalized spacial score (nSPS) is 20.1. The van der Waals surface area contributed by atoms with Gasteiger partial charge in [-0.05, 0) is 55.8 Å². The maximum absolute atomic E-state index is 3.65. The van der Waals surface area contributed by atoms with E-state index in [0.717, 1.165) is 6.54 Å². The molecule has 0 saturated carbocycles. The topological polar surface area (TPSA) is 12.0 Å². The quantitative estimate of drug-likeness (QED) is 0.811. The van der Waals surface area contributed by atoms with Gasteiger partial charge in [0.15, 0.2) is 0 Å². The smallest absolute Gasteiger partial charge is 0.0341 e. The van der Waals surface area contributed by atoms with Gasteiger partial charge >= 0.3 is 0 Å². The molecule has 1 aliphatic rings. The van der Waals surface area contributed by atoms with Crippen LogP contribution in [0.15, 0.2) is 26.8 Å². The summed E-state index contributed by atoms with van der Waals surface area (Å²) in [6.07, 6.45) is 10.5. The highest BCUT2D eigenvalue weighted by atomic mass is 32.2. The van der Waals surface area contributed by atoms with Crippen molar-refractivity contribution >= 4 is 35.3 Å². The molecule has 1 atom stereocenters. The van der Waals surface area contributed by atoms with Gasteiger partial charge in [0, 0.05) is 20.7 Å². The molecule has 1 nitrogen and oxygen atoms in total. The third kappa shape index (κ3) is 3.21. The summed E-state index contributed by atoms with van der Waals surface area (Å²) < 4.78 is 0. The van der Waals surface area contributed by atoms with Crippen LogP contribution in [-0.2, 0) is 0 Å². The second kappa shape index (κ2) is 7.13. The standard InChI is InChI=1S/C14H21NS3/c1-16-12-8-10(11-6-4-5-7-15-11)9-13(17-2)14(12)18-3/h8-9,11,15H,4-7H2,1-3H3. The summed E-state index contributed by atoms with van der Waals surface area (Å²) in [6, 6.07) is 5.34. The lowest BCUT2D eigenvalue weighted by atomic mass is 9.98. The summed E-state index contributed by atoms with van der Waals surface area (Å²) in [5, 5.41) is 3.65. The van der Waals surface area contributed by atoms with Crippen molar-refractivity contribution in [1.29, 1.82) is 0 Å². The van der Waals surface area contributed by atoms with Crippen LogP contribution >= 0.6 is 35.3 Å². The summed E-state index contributed by atoms with van der Waals surface area (Å²) in [5.74, 6) is 0. The van der Waals surface area contributed by atoms with Crippen LogP contribution in [0.2, 0.25) is 0 Å². The SMILES string of the molecule is CSc1cc(C2CCCCN2)cc(SC)c1SC. The van der Waals surface area contributed by atoms with E-state index in [0.29, 0.717) is 6.04 Å². The van der Waals surface area contributed by atoms with E-state index in [1.807, 2.05) is 35.3 Å². The van der Waals surface area contributed by atoms with Crippen LogP contribution in [-0.4, -0.2) is 25.3 Å². The van der Waals surface area contributed by atoms with Crippen LogP contribution in [0.5, 0.6) is 0 Å². The van der Waals surface area contributed by atoms with Crippen molar-refractivity contribution in [3.05, 3.63) is 17.7 Å². The largest absolute Gasteiger partial charge is 0.310 e. The maximum Gasteiger partial charge on any atom is 0.0341 e. The van der Waals surface area contributed by atoms with Crippen LogP contribution < -0.4 is 5.32 Å². The van der Waals surface area contributed by atoms with Gasteiger partial charge < -0.3 is 5.32 Å². The van der Waals surface area contributed by atoms with Crippen molar-refractivity contribution in [3.63, 3.8) is 0 Å². The highest BCUT2D eigenvalue weighted by molar-refractivity contribution is 8.03. The van der Waals surface area contributed by atoms with Crippen molar-refractivity contribution in [2.24, 2.45) is 0 Å². The summed E-state index contributed by atoms with van der Waals surface area (Å²) >= 11 is 5.60. The van der Waals surface area contributed by atoms with Gasteiger partial charge in [-0.25, -0.2) is 0 Å². The Balaban J connectivity index is 2.35. The molecule has 4 heteroatoms. The molecule has 0 aromatic heterocycles. The van der Waals surface area contributed by atoms with Crippen LogP contribution in [0, 0.1) is 0 Å². The Morgan fingerprint density at radius 3 is 2.11 bits per heavy atom. The first-order valence-electron chi connectivity index (χ1n) is 6.33. The van der Waals surface area contributed by atoms with Crippen molar-refractivity contribution in [2.45, 2.75) is 40.0 Å². The molecule has 1 aromatic carbocycles. The van der Waals surface area contributed by atoms with E-state index in [1.165, 1.54) is 39.5 Å². The Labute approximate surface area is 123 Å². The van der Waals surface area contributed by atoms with E-state index in [4.69, 9.17) is 0 Å². The van der Waals surface area contributed by atoms with Gasteiger partial charge in [0.2, 0.25) is 0 Å². The maximum atomic E-state index is 3.65.